The van der Waals surface area contributed by atoms with Gasteiger partial charge in [0.25, 0.3) is 0 Å². The molecule has 0 saturated carbocycles. The Balaban J connectivity index is 1.38. The zero-order valence-electron chi connectivity index (χ0n) is 55.4. The van der Waals surface area contributed by atoms with Crippen LogP contribution in [0.25, 0.3) is 0 Å². The van der Waals surface area contributed by atoms with E-state index in [1.165, 1.54) is 212 Å². The minimum absolute atomic E-state index is 0.239. The molecule has 3 heterocycles. The maximum absolute atomic E-state index is 13.3. The van der Waals surface area contributed by atoms with Crippen LogP contribution in [0.3, 0.4) is 0 Å². The predicted octanol–water partition coefficient (Wildman–Crippen LogP) is 9.83. The van der Waals surface area contributed by atoms with Gasteiger partial charge in [-0.3, -0.25) is 4.79 Å². The van der Waals surface area contributed by atoms with Crippen LogP contribution in [0.15, 0.2) is 24.3 Å². The van der Waals surface area contributed by atoms with Crippen molar-refractivity contribution in [3.05, 3.63) is 24.3 Å². The maximum atomic E-state index is 13.3. The van der Waals surface area contributed by atoms with Gasteiger partial charge in [0.2, 0.25) is 5.91 Å². The summed E-state index contributed by atoms with van der Waals surface area (Å²) in [6.45, 7) is 1.73. The highest BCUT2D eigenvalue weighted by molar-refractivity contribution is 5.76. The molecule has 17 unspecified atom stereocenters. The van der Waals surface area contributed by atoms with Crippen molar-refractivity contribution < 1.29 is 89.4 Å². The number of hydrogen-bond acceptors (Lipinski definition) is 18. The van der Waals surface area contributed by atoms with Crippen molar-refractivity contribution >= 4 is 5.91 Å². The minimum atomic E-state index is -1.98. The van der Waals surface area contributed by atoms with Gasteiger partial charge < -0.3 is 89.9 Å². The third-order valence-corrected chi connectivity index (χ3v) is 18.3. The highest BCUT2D eigenvalue weighted by atomic mass is 16.8. The summed E-state index contributed by atoms with van der Waals surface area (Å²) in [6, 6.07) is -0.986. The third kappa shape index (κ3) is 34.5. The largest absolute Gasteiger partial charge is 0.394 e. The fourth-order valence-corrected chi connectivity index (χ4v) is 12.4. The van der Waals surface area contributed by atoms with Gasteiger partial charge in [0, 0.05) is 6.42 Å². The number of aliphatic hydroxyl groups excluding tert-OH is 11. The van der Waals surface area contributed by atoms with Crippen LogP contribution in [0.1, 0.15) is 284 Å². The number of rotatable bonds is 56. The van der Waals surface area contributed by atoms with Gasteiger partial charge in [-0.1, -0.05) is 269 Å². The quantitative estimate of drug-likeness (QED) is 0.0199. The number of ether oxygens (including phenoxy) is 6. The Bertz CT molecular complexity index is 1710. The van der Waals surface area contributed by atoms with E-state index in [-0.39, 0.29) is 18.9 Å². The lowest BCUT2D eigenvalue weighted by atomic mass is 9.96. The average Bonchev–Trinajstić information content (AvgIpc) is 1.24. The summed E-state index contributed by atoms with van der Waals surface area (Å²) in [5, 5.41) is 120. The number of carbonyl (C=O) groups excluding carboxylic acids is 1. The highest BCUT2D eigenvalue weighted by Gasteiger charge is 2.53. The lowest BCUT2D eigenvalue weighted by Crippen LogP contribution is -2.66. The fraction of sp³-hybridized carbons (Fsp3) is 0.929. The van der Waals surface area contributed by atoms with E-state index in [0.717, 1.165) is 38.5 Å². The van der Waals surface area contributed by atoms with E-state index in [4.69, 9.17) is 28.4 Å². The van der Waals surface area contributed by atoms with Crippen molar-refractivity contribution in [2.75, 3.05) is 26.4 Å². The normalized spacial score (nSPS) is 28.3. The number of unbranched alkanes of at least 4 members (excludes halogenated alkanes) is 38. The lowest BCUT2D eigenvalue weighted by molar-refractivity contribution is -0.379. The molecule has 3 aliphatic rings. The van der Waals surface area contributed by atoms with Gasteiger partial charge in [-0.15, -0.1) is 0 Å². The number of aliphatic hydroxyl groups is 11. The summed E-state index contributed by atoms with van der Waals surface area (Å²) in [4.78, 5) is 13.3. The molecule has 0 radical (unpaired) electrons. The summed E-state index contributed by atoms with van der Waals surface area (Å²) in [5.74, 6) is -0.283. The van der Waals surface area contributed by atoms with E-state index < -0.39 is 124 Å². The topological polar surface area (TPSA) is 307 Å². The molecule has 0 bridgehead atoms. The summed E-state index contributed by atoms with van der Waals surface area (Å²) >= 11 is 0. The first-order valence-electron chi connectivity index (χ1n) is 36.1. The second-order valence-corrected chi connectivity index (χ2v) is 26.1. The highest BCUT2D eigenvalue weighted by Crippen LogP contribution is 2.33. The Labute approximate surface area is 537 Å². The van der Waals surface area contributed by atoms with Crippen molar-refractivity contribution in [3.63, 3.8) is 0 Å². The number of allylic oxidation sites excluding steroid dienone is 3. The molecule has 0 aromatic heterocycles. The molecule has 3 aliphatic heterocycles. The number of carbonyl (C=O) groups is 1. The van der Waals surface area contributed by atoms with Gasteiger partial charge in [-0.2, -0.15) is 0 Å². The fourth-order valence-electron chi connectivity index (χ4n) is 12.4. The van der Waals surface area contributed by atoms with Crippen molar-refractivity contribution in [3.8, 4) is 0 Å². The molecule has 17 atom stereocenters. The molecule has 19 nitrogen and oxygen atoms in total. The Morgan fingerprint density at radius 2 is 0.719 bits per heavy atom. The second kappa shape index (κ2) is 52.5. The summed E-state index contributed by atoms with van der Waals surface area (Å²) in [6.07, 6.45) is 33.4. The maximum Gasteiger partial charge on any atom is 0.220 e. The number of nitrogens with one attached hydrogen (secondary N) is 1. The molecule has 89 heavy (non-hydrogen) atoms. The first-order valence-corrected chi connectivity index (χ1v) is 36.1. The molecular formula is C70H131NO18. The van der Waals surface area contributed by atoms with Gasteiger partial charge in [-0.05, 0) is 32.1 Å². The molecular weight excluding hydrogens is 1140 g/mol. The van der Waals surface area contributed by atoms with E-state index in [9.17, 15) is 61.0 Å². The third-order valence-electron chi connectivity index (χ3n) is 18.3. The van der Waals surface area contributed by atoms with Crippen LogP contribution in [-0.2, 0) is 33.2 Å². The average molecular weight is 1270 g/mol. The molecule has 1 amide bonds. The number of hydrogen-bond donors (Lipinski definition) is 12. The zero-order chi connectivity index (χ0) is 64.7. The molecule has 524 valence electrons. The van der Waals surface area contributed by atoms with Gasteiger partial charge in [0.15, 0.2) is 18.9 Å². The van der Waals surface area contributed by atoms with Crippen LogP contribution in [0.4, 0.5) is 0 Å². The first kappa shape index (κ1) is 81.5. The van der Waals surface area contributed by atoms with Crippen molar-refractivity contribution in [1.82, 2.24) is 5.32 Å². The second-order valence-electron chi connectivity index (χ2n) is 26.1. The standard InChI is InChI=1S/C70H131NO18/c1-3-5-7-9-11-13-15-17-18-19-20-21-22-23-24-25-26-27-28-29-30-31-32-33-34-35-36-37-39-41-43-45-47-54(75)53(71-58(76)48-46-44-42-40-38-16-14-12-10-8-6-4-2)52-84-68-64(82)61(79)66(56(50-73)86-68)89-70-65(83)62(80)67(57(51-74)87-70)88-69-63(81)60(78)59(77)55(49-72)85-69/h37,39,45,47,53-57,59-70,72-75,77-83H,3-36,38,40-44,46,48-52H2,1-2H3,(H,71,76)/b39-37+,47-45+. The monoisotopic (exact) mass is 1270 g/mol. The molecule has 0 aromatic carbocycles. The Hall–Kier alpha value is -1.73. The van der Waals surface area contributed by atoms with Gasteiger partial charge in [0.05, 0.1) is 38.6 Å². The first-order chi connectivity index (χ1) is 43.3. The van der Waals surface area contributed by atoms with Gasteiger partial charge in [-0.25, -0.2) is 0 Å². The van der Waals surface area contributed by atoms with Crippen molar-refractivity contribution in [2.45, 2.75) is 388 Å². The van der Waals surface area contributed by atoms with Crippen LogP contribution < -0.4 is 5.32 Å². The molecule has 0 aromatic rings. The molecule has 19 heteroatoms. The van der Waals surface area contributed by atoms with E-state index in [2.05, 4.69) is 31.3 Å². The van der Waals surface area contributed by atoms with Crippen LogP contribution >= 0.6 is 0 Å². The SMILES string of the molecule is CCCCCCCCCCCCCCCCCCCCCCCCCCCC/C=C/CC/C=C/C(O)C(COC1OC(CO)C(OC2OC(CO)C(OC3OC(CO)C(O)C(O)C3O)C(O)C2O)C(O)C1O)NC(=O)CCCCCCCCCCCCCC. The Morgan fingerprint density at radius 3 is 1.12 bits per heavy atom. The van der Waals surface area contributed by atoms with Crippen LogP contribution in [0.5, 0.6) is 0 Å². The summed E-state index contributed by atoms with van der Waals surface area (Å²) in [5.41, 5.74) is 0. The summed E-state index contributed by atoms with van der Waals surface area (Å²) in [7, 11) is 0. The molecule has 0 aliphatic carbocycles. The predicted molar refractivity (Wildman–Crippen MR) is 346 cm³/mol. The summed E-state index contributed by atoms with van der Waals surface area (Å²) < 4.78 is 34.3. The molecule has 0 spiro atoms. The Kier molecular flexibility index (Phi) is 48.1. The minimum Gasteiger partial charge on any atom is -0.394 e. The van der Waals surface area contributed by atoms with E-state index >= 15 is 0 Å². The molecule has 12 N–H and O–H groups in total. The molecule has 3 rings (SSSR count). The van der Waals surface area contributed by atoms with E-state index in [0.29, 0.717) is 12.8 Å². The molecule has 3 saturated heterocycles. The van der Waals surface area contributed by atoms with Gasteiger partial charge >= 0.3 is 0 Å². The van der Waals surface area contributed by atoms with Crippen LogP contribution in [0.2, 0.25) is 0 Å². The smallest absolute Gasteiger partial charge is 0.220 e. The lowest BCUT2D eigenvalue weighted by Gasteiger charge is -2.48. The van der Waals surface area contributed by atoms with Gasteiger partial charge in [0.1, 0.15) is 73.2 Å². The van der Waals surface area contributed by atoms with Crippen LogP contribution in [-0.4, -0.2) is 193 Å². The van der Waals surface area contributed by atoms with Crippen LogP contribution in [0, 0.1) is 0 Å². The number of amides is 1. The Morgan fingerprint density at radius 1 is 0.393 bits per heavy atom. The zero-order valence-corrected chi connectivity index (χ0v) is 55.4. The molecule has 3 fully saturated rings. The van der Waals surface area contributed by atoms with Crippen molar-refractivity contribution in [2.24, 2.45) is 0 Å². The van der Waals surface area contributed by atoms with Crippen molar-refractivity contribution in [1.29, 1.82) is 0 Å². The van der Waals surface area contributed by atoms with E-state index in [1.807, 2.05) is 6.08 Å². The van der Waals surface area contributed by atoms with E-state index in [1.54, 1.807) is 6.08 Å².